The molecule has 1 aromatic heterocycles. The zero-order valence-corrected chi connectivity index (χ0v) is 13.6. The van der Waals surface area contributed by atoms with Crippen molar-refractivity contribution in [2.45, 2.75) is 51.8 Å². The zero-order valence-electron chi connectivity index (χ0n) is 13.6. The summed E-state index contributed by atoms with van der Waals surface area (Å²) in [4.78, 5) is 15.3. The van der Waals surface area contributed by atoms with E-state index in [-0.39, 0.29) is 6.10 Å². The maximum absolute atomic E-state index is 5.57. The molecule has 1 aliphatic rings. The summed E-state index contributed by atoms with van der Waals surface area (Å²) in [5, 5.41) is 6.35. The standard InChI is InChI=1S/C14H26N6O/c1-9(2)21-14-18-12(15-4)17-13(19-14)16-11-6-7-20(5)10(3)8-11/h9-11H,6-8H2,1-5H3,(H2,15,16,17,18,19). The van der Waals surface area contributed by atoms with Crippen LogP contribution in [-0.2, 0) is 0 Å². The molecule has 118 valence electrons. The largest absolute Gasteiger partial charge is 0.461 e. The highest BCUT2D eigenvalue weighted by molar-refractivity contribution is 5.36. The summed E-state index contributed by atoms with van der Waals surface area (Å²) in [6.07, 6.45) is 2.20. The molecule has 7 heteroatoms. The van der Waals surface area contributed by atoms with Gasteiger partial charge in [0.05, 0.1) is 6.10 Å². The van der Waals surface area contributed by atoms with Crippen LogP contribution < -0.4 is 15.4 Å². The molecule has 2 unspecified atom stereocenters. The Morgan fingerprint density at radius 2 is 1.95 bits per heavy atom. The number of hydrogen-bond donors (Lipinski definition) is 2. The Morgan fingerprint density at radius 1 is 1.24 bits per heavy atom. The van der Waals surface area contributed by atoms with Gasteiger partial charge in [0.2, 0.25) is 11.9 Å². The van der Waals surface area contributed by atoms with Crippen molar-refractivity contribution in [2.24, 2.45) is 0 Å². The fourth-order valence-electron chi connectivity index (χ4n) is 2.40. The lowest BCUT2D eigenvalue weighted by Gasteiger charge is -2.35. The molecule has 0 aromatic carbocycles. The van der Waals surface area contributed by atoms with Crippen LogP contribution in [0.1, 0.15) is 33.6 Å². The molecule has 1 fully saturated rings. The Morgan fingerprint density at radius 3 is 2.57 bits per heavy atom. The van der Waals surface area contributed by atoms with Gasteiger partial charge in [-0.2, -0.15) is 15.0 Å². The highest BCUT2D eigenvalue weighted by atomic mass is 16.5. The third-order valence-electron chi connectivity index (χ3n) is 3.72. The summed E-state index contributed by atoms with van der Waals surface area (Å²) in [5.74, 6) is 1.09. The van der Waals surface area contributed by atoms with Gasteiger partial charge in [-0.1, -0.05) is 0 Å². The molecule has 1 saturated heterocycles. The summed E-state index contributed by atoms with van der Waals surface area (Å²) in [7, 11) is 3.95. The molecule has 2 rings (SSSR count). The summed E-state index contributed by atoms with van der Waals surface area (Å²) in [6.45, 7) is 7.23. The predicted molar refractivity (Wildman–Crippen MR) is 83.9 cm³/mol. The molecule has 2 atom stereocenters. The SMILES string of the molecule is CNc1nc(NC2CCN(C)C(C)C2)nc(OC(C)C)n1. The van der Waals surface area contributed by atoms with E-state index in [0.29, 0.717) is 30.0 Å². The van der Waals surface area contributed by atoms with Crippen LogP contribution in [0.2, 0.25) is 0 Å². The number of ether oxygens (including phenoxy) is 1. The second-order valence-corrected chi connectivity index (χ2v) is 5.88. The molecule has 1 aromatic rings. The van der Waals surface area contributed by atoms with Crippen LogP contribution in [-0.4, -0.2) is 58.7 Å². The Kier molecular flexibility index (Phi) is 5.17. The first-order chi connectivity index (χ1) is 9.97. The van der Waals surface area contributed by atoms with Crippen LogP contribution in [0.25, 0.3) is 0 Å². The first-order valence-corrected chi connectivity index (χ1v) is 7.55. The van der Waals surface area contributed by atoms with E-state index in [1.54, 1.807) is 7.05 Å². The smallest absolute Gasteiger partial charge is 0.323 e. The lowest BCUT2D eigenvalue weighted by molar-refractivity contribution is 0.189. The van der Waals surface area contributed by atoms with Crippen molar-refractivity contribution < 1.29 is 4.74 Å². The Bertz CT molecular complexity index is 467. The van der Waals surface area contributed by atoms with Crippen LogP contribution >= 0.6 is 0 Å². The quantitative estimate of drug-likeness (QED) is 0.854. The lowest BCUT2D eigenvalue weighted by Crippen LogP contribution is -2.42. The summed E-state index contributed by atoms with van der Waals surface area (Å²) >= 11 is 0. The third-order valence-corrected chi connectivity index (χ3v) is 3.72. The fraction of sp³-hybridized carbons (Fsp3) is 0.786. The van der Waals surface area contributed by atoms with Crippen molar-refractivity contribution in [2.75, 3.05) is 31.3 Å². The molecule has 0 aliphatic carbocycles. The van der Waals surface area contributed by atoms with Gasteiger partial charge in [-0.15, -0.1) is 0 Å². The van der Waals surface area contributed by atoms with Gasteiger partial charge in [-0.3, -0.25) is 0 Å². The highest BCUT2D eigenvalue weighted by Crippen LogP contribution is 2.20. The van der Waals surface area contributed by atoms with Crippen molar-refractivity contribution in [1.29, 1.82) is 0 Å². The average Bonchev–Trinajstić information content (AvgIpc) is 2.42. The van der Waals surface area contributed by atoms with E-state index in [2.05, 4.69) is 44.5 Å². The molecule has 2 heterocycles. The monoisotopic (exact) mass is 294 g/mol. The zero-order chi connectivity index (χ0) is 15.4. The summed E-state index contributed by atoms with van der Waals surface area (Å²) in [5.41, 5.74) is 0. The first-order valence-electron chi connectivity index (χ1n) is 7.55. The average molecular weight is 294 g/mol. The van der Waals surface area contributed by atoms with Crippen LogP contribution in [0.4, 0.5) is 11.9 Å². The lowest BCUT2D eigenvalue weighted by atomic mass is 9.99. The van der Waals surface area contributed by atoms with Gasteiger partial charge in [-0.05, 0) is 40.7 Å². The highest BCUT2D eigenvalue weighted by Gasteiger charge is 2.23. The molecule has 2 N–H and O–H groups in total. The Hall–Kier alpha value is -1.63. The van der Waals surface area contributed by atoms with Crippen molar-refractivity contribution in [3.05, 3.63) is 0 Å². The van der Waals surface area contributed by atoms with Crippen molar-refractivity contribution in [1.82, 2.24) is 19.9 Å². The minimum absolute atomic E-state index is 0.0355. The fourth-order valence-corrected chi connectivity index (χ4v) is 2.40. The van der Waals surface area contributed by atoms with Gasteiger partial charge < -0.3 is 20.3 Å². The van der Waals surface area contributed by atoms with E-state index in [1.165, 1.54) is 0 Å². The maximum Gasteiger partial charge on any atom is 0.323 e. The molecule has 0 bridgehead atoms. The molecule has 0 radical (unpaired) electrons. The van der Waals surface area contributed by atoms with E-state index in [1.807, 2.05) is 13.8 Å². The van der Waals surface area contributed by atoms with E-state index >= 15 is 0 Å². The number of anilines is 2. The second-order valence-electron chi connectivity index (χ2n) is 5.88. The van der Waals surface area contributed by atoms with Crippen LogP contribution in [0.5, 0.6) is 6.01 Å². The molecule has 0 spiro atoms. The molecule has 7 nitrogen and oxygen atoms in total. The summed E-state index contributed by atoms with van der Waals surface area (Å²) < 4.78 is 5.57. The third kappa shape index (κ3) is 4.42. The Balaban J connectivity index is 2.08. The minimum atomic E-state index is 0.0355. The van der Waals surface area contributed by atoms with Crippen LogP contribution in [0.15, 0.2) is 0 Å². The number of nitrogens with zero attached hydrogens (tertiary/aromatic N) is 4. The van der Waals surface area contributed by atoms with Gasteiger partial charge in [0.25, 0.3) is 0 Å². The van der Waals surface area contributed by atoms with Crippen LogP contribution in [0, 0.1) is 0 Å². The van der Waals surface area contributed by atoms with Crippen molar-refractivity contribution >= 4 is 11.9 Å². The summed E-state index contributed by atoms with van der Waals surface area (Å²) in [6, 6.07) is 1.30. The number of likely N-dealkylation sites (tertiary alicyclic amines) is 1. The van der Waals surface area contributed by atoms with E-state index < -0.39 is 0 Å². The van der Waals surface area contributed by atoms with Crippen LogP contribution in [0.3, 0.4) is 0 Å². The first kappa shape index (κ1) is 15.8. The number of aromatic nitrogens is 3. The maximum atomic E-state index is 5.57. The van der Waals surface area contributed by atoms with Gasteiger partial charge >= 0.3 is 6.01 Å². The van der Waals surface area contributed by atoms with Gasteiger partial charge in [0.1, 0.15) is 0 Å². The van der Waals surface area contributed by atoms with E-state index in [4.69, 9.17) is 4.74 Å². The normalized spacial score (nSPS) is 23.1. The van der Waals surface area contributed by atoms with Gasteiger partial charge in [0.15, 0.2) is 0 Å². The Labute approximate surface area is 126 Å². The van der Waals surface area contributed by atoms with E-state index in [9.17, 15) is 0 Å². The molecule has 0 saturated carbocycles. The molecule has 1 aliphatic heterocycles. The predicted octanol–water partition coefficient (Wildman–Crippen LogP) is 1.60. The molecular weight excluding hydrogens is 268 g/mol. The van der Waals surface area contributed by atoms with Gasteiger partial charge in [-0.25, -0.2) is 0 Å². The number of rotatable bonds is 5. The molecular formula is C14H26N6O. The second kappa shape index (κ2) is 6.89. The van der Waals surface area contributed by atoms with Gasteiger partial charge in [0, 0.05) is 25.7 Å². The number of hydrogen-bond acceptors (Lipinski definition) is 7. The number of nitrogens with one attached hydrogen (secondary N) is 2. The van der Waals surface area contributed by atoms with Crippen molar-refractivity contribution in [3.63, 3.8) is 0 Å². The minimum Gasteiger partial charge on any atom is -0.461 e. The molecule has 21 heavy (non-hydrogen) atoms. The van der Waals surface area contributed by atoms with Crippen molar-refractivity contribution in [3.8, 4) is 6.01 Å². The molecule has 0 amide bonds. The topological polar surface area (TPSA) is 75.2 Å². The number of piperidine rings is 1. The van der Waals surface area contributed by atoms with E-state index in [0.717, 1.165) is 19.4 Å².